The highest BCUT2D eigenvalue weighted by Crippen LogP contribution is 2.25. The highest BCUT2D eigenvalue weighted by Gasteiger charge is 2.30. The van der Waals surface area contributed by atoms with Gasteiger partial charge in [0.15, 0.2) is 0 Å². The van der Waals surface area contributed by atoms with Crippen LogP contribution in [0.15, 0.2) is 28.8 Å². The Labute approximate surface area is 163 Å². The molecule has 8 nitrogen and oxygen atoms in total. The number of H-pyrrole nitrogens is 1. The fourth-order valence-electron chi connectivity index (χ4n) is 4.07. The Morgan fingerprint density at radius 3 is 3.04 bits per heavy atom. The molecular weight excluding hydrogens is 356 g/mol. The number of carbonyl (C=O) groups is 1. The Hall–Kier alpha value is -2.74. The maximum absolute atomic E-state index is 13.1. The van der Waals surface area contributed by atoms with Crippen LogP contribution >= 0.6 is 0 Å². The standard InChI is InChI=1S/C20H26N6O2/c1-3-26(20(27)18-11-17-16(23-18)8-5-9-21-17)15-7-4-6-14(10-15)22-12-19-25-24-13(2)28-19/h5,8-9,11,14-15,22-23H,3-4,6-7,10,12H2,1-2H3. The molecule has 3 aromatic heterocycles. The summed E-state index contributed by atoms with van der Waals surface area (Å²) in [5.74, 6) is 1.22. The number of hydrogen-bond acceptors (Lipinski definition) is 6. The van der Waals surface area contributed by atoms with Gasteiger partial charge < -0.3 is 19.6 Å². The quantitative estimate of drug-likeness (QED) is 0.680. The third-order valence-corrected chi connectivity index (χ3v) is 5.42. The Morgan fingerprint density at radius 2 is 2.29 bits per heavy atom. The first kappa shape index (κ1) is 18.6. The molecule has 8 heteroatoms. The smallest absolute Gasteiger partial charge is 0.270 e. The molecule has 2 N–H and O–H groups in total. The maximum atomic E-state index is 13.1. The summed E-state index contributed by atoms with van der Waals surface area (Å²) in [6.45, 7) is 5.07. The number of nitrogens with zero attached hydrogens (tertiary/aromatic N) is 4. The van der Waals surface area contributed by atoms with E-state index in [4.69, 9.17) is 4.42 Å². The number of carbonyl (C=O) groups excluding carboxylic acids is 1. The van der Waals surface area contributed by atoms with Crippen LogP contribution in [0.3, 0.4) is 0 Å². The monoisotopic (exact) mass is 382 g/mol. The number of aromatic amines is 1. The summed E-state index contributed by atoms with van der Waals surface area (Å²) in [6, 6.07) is 6.20. The van der Waals surface area contributed by atoms with Gasteiger partial charge in [-0.05, 0) is 50.8 Å². The molecular formula is C20H26N6O2. The number of nitrogens with one attached hydrogen (secondary N) is 2. The molecule has 1 fully saturated rings. The third-order valence-electron chi connectivity index (χ3n) is 5.42. The second-order valence-electron chi connectivity index (χ2n) is 7.32. The average Bonchev–Trinajstić information content (AvgIpc) is 3.33. The molecule has 3 aromatic rings. The predicted molar refractivity (Wildman–Crippen MR) is 105 cm³/mol. The van der Waals surface area contributed by atoms with Crippen LogP contribution in [0.5, 0.6) is 0 Å². The van der Waals surface area contributed by atoms with Crippen molar-refractivity contribution >= 4 is 16.9 Å². The van der Waals surface area contributed by atoms with Crippen molar-refractivity contribution in [3.8, 4) is 0 Å². The van der Waals surface area contributed by atoms with Crippen LogP contribution in [0.2, 0.25) is 0 Å². The minimum Gasteiger partial charge on any atom is -0.424 e. The summed E-state index contributed by atoms with van der Waals surface area (Å²) in [4.78, 5) is 22.7. The lowest BCUT2D eigenvalue weighted by atomic mass is 9.89. The summed E-state index contributed by atoms with van der Waals surface area (Å²) in [6.07, 6.45) is 5.86. The minimum atomic E-state index is 0.0404. The van der Waals surface area contributed by atoms with Crippen molar-refractivity contribution < 1.29 is 9.21 Å². The van der Waals surface area contributed by atoms with E-state index in [2.05, 4.69) is 25.5 Å². The molecule has 0 radical (unpaired) electrons. The molecule has 0 aromatic carbocycles. The van der Waals surface area contributed by atoms with Gasteiger partial charge in [0, 0.05) is 31.7 Å². The number of fused-ring (bicyclic) bond motifs is 1. The normalized spacial score (nSPS) is 19.8. The van der Waals surface area contributed by atoms with Crippen molar-refractivity contribution in [3.05, 3.63) is 41.9 Å². The second-order valence-corrected chi connectivity index (χ2v) is 7.32. The van der Waals surface area contributed by atoms with E-state index in [0.717, 1.165) is 36.7 Å². The first-order valence-corrected chi connectivity index (χ1v) is 9.91. The van der Waals surface area contributed by atoms with Crippen molar-refractivity contribution in [2.45, 2.75) is 58.2 Å². The molecule has 148 valence electrons. The SMILES string of the molecule is CCN(C(=O)c1cc2ncccc2[nH]1)C1CCCC(NCc2nnc(C)o2)C1. The van der Waals surface area contributed by atoms with Crippen molar-refractivity contribution in [2.75, 3.05) is 6.54 Å². The van der Waals surface area contributed by atoms with Crippen molar-refractivity contribution in [3.63, 3.8) is 0 Å². The summed E-state index contributed by atoms with van der Waals surface area (Å²) in [5.41, 5.74) is 2.31. The summed E-state index contributed by atoms with van der Waals surface area (Å²) >= 11 is 0. The number of pyridine rings is 1. The Morgan fingerprint density at radius 1 is 1.39 bits per heavy atom. The van der Waals surface area contributed by atoms with Gasteiger partial charge in [0.1, 0.15) is 5.69 Å². The molecule has 3 heterocycles. The van der Waals surface area contributed by atoms with E-state index in [0.29, 0.717) is 36.6 Å². The lowest BCUT2D eigenvalue weighted by Crippen LogP contribution is -2.46. The van der Waals surface area contributed by atoms with Gasteiger partial charge in [-0.3, -0.25) is 9.78 Å². The van der Waals surface area contributed by atoms with E-state index in [1.54, 1.807) is 13.1 Å². The number of aryl methyl sites for hydroxylation is 1. The van der Waals surface area contributed by atoms with Gasteiger partial charge in [-0.2, -0.15) is 0 Å². The van der Waals surface area contributed by atoms with Gasteiger partial charge >= 0.3 is 0 Å². The molecule has 1 aliphatic rings. The molecule has 2 unspecified atom stereocenters. The van der Waals surface area contributed by atoms with Crippen molar-refractivity contribution in [2.24, 2.45) is 0 Å². The highest BCUT2D eigenvalue weighted by atomic mass is 16.4. The van der Waals surface area contributed by atoms with Crippen LogP contribution in [-0.4, -0.2) is 49.6 Å². The Bertz CT molecular complexity index is 916. The molecule has 1 saturated carbocycles. The van der Waals surface area contributed by atoms with Crippen molar-refractivity contribution in [1.82, 2.24) is 30.4 Å². The van der Waals surface area contributed by atoms with E-state index in [1.807, 2.05) is 30.0 Å². The summed E-state index contributed by atoms with van der Waals surface area (Å²) in [7, 11) is 0. The zero-order valence-electron chi connectivity index (χ0n) is 16.3. The maximum Gasteiger partial charge on any atom is 0.270 e. The van der Waals surface area contributed by atoms with Gasteiger partial charge in [-0.1, -0.05) is 0 Å². The molecule has 1 amide bonds. The van der Waals surface area contributed by atoms with E-state index >= 15 is 0 Å². The van der Waals surface area contributed by atoms with E-state index in [-0.39, 0.29) is 11.9 Å². The molecule has 0 saturated heterocycles. The largest absolute Gasteiger partial charge is 0.424 e. The summed E-state index contributed by atoms with van der Waals surface area (Å²) in [5, 5.41) is 11.4. The van der Waals surface area contributed by atoms with E-state index in [1.165, 1.54) is 0 Å². The third kappa shape index (κ3) is 3.91. The van der Waals surface area contributed by atoms with Crippen LogP contribution < -0.4 is 5.32 Å². The zero-order chi connectivity index (χ0) is 19.5. The van der Waals surface area contributed by atoms with Crippen LogP contribution in [0.4, 0.5) is 0 Å². The first-order chi connectivity index (χ1) is 13.6. The van der Waals surface area contributed by atoms with Gasteiger partial charge in [-0.15, -0.1) is 10.2 Å². The topological polar surface area (TPSA) is 99.9 Å². The van der Waals surface area contributed by atoms with Crippen molar-refractivity contribution in [1.29, 1.82) is 0 Å². The lowest BCUT2D eigenvalue weighted by molar-refractivity contribution is 0.0622. The molecule has 0 spiro atoms. The van der Waals surface area contributed by atoms with E-state index in [9.17, 15) is 4.79 Å². The van der Waals surface area contributed by atoms with Crippen LogP contribution in [-0.2, 0) is 6.54 Å². The van der Waals surface area contributed by atoms with Crippen LogP contribution in [0.25, 0.3) is 11.0 Å². The minimum absolute atomic E-state index is 0.0404. The molecule has 1 aliphatic carbocycles. The second kappa shape index (κ2) is 8.10. The van der Waals surface area contributed by atoms with Gasteiger partial charge in [-0.25, -0.2) is 0 Å². The number of rotatable bonds is 6. The van der Waals surface area contributed by atoms with Gasteiger partial charge in [0.2, 0.25) is 11.8 Å². The van der Waals surface area contributed by atoms with Crippen LogP contribution in [0, 0.1) is 6.92 Å². The van der Waals surface area contributed by atoms with Gasteiger partial charge in [0.05, 0.1) is 17.6 Å². The molecule has 2 atom stereocenters. The Balaban J connectivity index is 1.42. The number of hydrogen-bond donors (Lipinski definition) is 2. The Kier molecular flexibility index (Phi) is 5.38. The number of aromatic nitrogens is 4. The molecule has 28 heavy (non-hydrogen) atoms. The first-order valence-electron chi connectivity index (χ1n) is 9.91. The highest BCUT2D eigenvalue weighted by molar-refractivity contribution is 5.97. The fourth-order valence-corrected chi connectivity index (χ4v) is 4.07. The van der Waals surface area contributed by atoms with Crippen LogP contribution in [0.1, 0.15) is 54.9 Å². The fraction of sp³-hybridized carbons (Fsp3) is 0.500. The lowest BCUT2D eigenvalue weighted by Gasteiger charge is -2.37. The average molecular weight is 382 g/mol. The molecule has 0 aliphatic heterocycles. The number of amides is 1. The van der Waals surface area contributed by atoms with Gasteiger partial charge in [0.25, 0.3) is 5.91 Å². The molecule has 4 rings (SSSR count). The molecule has 0 bridgehead atoms. The van der Waals surface area contributed by atoms with E-state index < -0.39 is 0 Å². The predicted octanol–water partition coefficient (Wildman–Crippen LogP) is 2.82. The summed E-state index contributed by atoms with van der Waals surface area (Å²) < 4.78 is 5.44. The zero-order valence-corrected chi connectivity index (χ0v) is 16.3.